The lowest BCUT2D eigenvalue weighted by Crippen LogP contribution is -2.41. The van der Waals surface area contributed by atoms with Crippen LogP contribution in [0.5, 0.6) is 0 Å². The van der Waals surface area contributed by atoms with Crippen molar-refractivity contribution in [1.82, 2.24) is 28.7 Å². The molecule has 0 spiro atoms. The highest BCUT2D eigenvalue weighted by Crippen LogP contribution is 2.37. The molecule has 5 heterocycles. The molecule has 0 aliphatic carbocycles. The molecule has 22 heteroatoms. The fourth-order valence-electron chi connectivity index (χ4n) is 6.42. The van der Waals surface area contributed by atoms with Crippen molar-refractivity contribution < 1.29 is 55.5 Å². The van der Waals surface area contributed by atoms with E-state index in [0.29, 0.717) is 26.2 Å². The lowest BCUT2D eigenvalue weighted by Gasteiger charge is -2.32. The van der Waals surface area contributed by atoms with Crippen LogP contribution < -0.4 is 16.7 Å². The van der Waals surface area contributed by atoms with Crippen LogP contribution in [-0.4, -0.2) is 69.2 Å². The topological polar surface area (TPSA) is 173 Å². The zero-order chi connectivity index (χ0) is 47.9. The first kappa shape index (κ1) is 49.0. The molecule has 6 aromatic rings. The maximum Gasteiger partial charge on any atom is 0.514 e. The number of aromatic carboxylic acids is 2. The van der Waals surface area contributed by atoms with Gasteiger partial charge in [-0.3, -0.25) is 28.1 Å². The van der Waals surface area contributed by atoms with E-state index in [9.17, 15) is 50.6 Å². The number of carboxylic acid groups (broad SMARTS) is 2. The minimum atomic E-state index is -4.59. The second kappa shape index (κ2) is 18.2. The second-order valence-corrected chi connectivity index (χ2v) is 16.5. The normalized spacial score (nSPS) is 14.3. The molecule has 1 aliphatic rings. The van der Waals surface area contributed by atoms with Gasteiger partial charge in [0.15, 0.2) is 0 Å². The Morgan fingerprint density at radius 3 is 1.52 bits per heavy atom. The molecule has 2 aromatic carbocycles. The molecule has 4 aromatic heterocycles. The van der Waals surface area contributed by atoms with Crippen molar-refractivity contribution in [2.24, 2.45) is 14.1 Å². The Morgan fingerprint density at radius 2 is 1.11 bits per heavy atom. The van der Waals surface area contributed by atoms with Gasteiger partial charge in [0, 0.05) is 58.4 Å². The van der Waals surface area contributed by atoms with E-state index < -0.39 is 57.7 Å². The summed E-state index contributed by atoms with van der Waals surface area (Å²) in [5, 5.41) is 26.6. The van der Waals surface area contributed by atoms with Gasteiger partial charge in [0.25, 0.3) is 11.1 Å². The van der Waals surface area contributed by atoms with Crippen molar-refractivity contribution in [2.45, 2.75) is 65.1 Å². The zero-order valence-corrected chi connectivity index (χ0v) is 37.5. The summed E-state index contributed by atoms with van der Waals surface area (Å²) in [5.74, 6) is -2.90. The molecule has 0 bridgehead atoms. The van der Waals surface area contributed by atoms with Crippen LogP contribution >= 0.6 is 22.6 Å². The van der Waals surface area contributed by atoms with E-state index in [-0.39, 0.29) is 29.7 Å². The van der Waals surface area contributed by atoms with Crippen molar-refractivity contribution in [3.63, 3.8) is 0 Å². The number of rotatable bonds is 6. The molecule has 14 nitrogen and oxygen atoms in total. The summed E-state index contributed by atoms with van der Waals surface area (Å²) in [5.41, 5.74) is -2.82. The van der Waals surface area contributed by atoms with Gasteiger partial charge in [0.05, 0.1) is 33.6 Å². The third-order valence-corrected chi connectivity index (χ3v) is 11.7. The Hall–Kier alpha value is -6.01. The van der Waals surface area contributed by atoms with Crippen LogP contribution in [0.3, 0.4) is 0 Å². The van der Waals surface area contributed by atoms with Crippen LogP contribution in [0.15, 0.2) is 94.8 Å². The summed E-state index contributed by atoms with van der Waals surface area (Å²) in [4.78, 5) is 47.6. The van der Waals surface area contributed by atoms with E-state index in [1.807, 2.05) is 63.4 Å². The van der Waals surface area contributed by atoms with Crippen LogP contribution in [-0.2, 0) is 35.8 Å². The Bertz CT molecular complexity index is 2850. The first-order valence-electron chi connectivity index (χ1n) is 18.9. The van der Waals surface area contributed by atoms with Gasteiger partial charge in [-0.05, 0) is 125 Å². The van der Waals surface area contributed by atoms with Crippen molar-refractivity contribution in [3.05, 3.63) is 143 Å². The molecule has 2 N–H and O–H groups in total. The summed E-state index contributed by atoms with van der Waals surface area (Å²) >= 11 is 1.83. The molecule has 0 saturated carbocycles. The van der Waals surface area contributed by atoms with Gasteiger partial charge in [-0.2, -0.15) is 36.5 Å². The van der Waals surface area contributed by atoms with Crippen molar-refractivity contribution in [3.8, 4) is 22.6 Å². The van der Waals surface area contributed by atoms with Crippen LogP contribution in [0.4, 0.5) is 26.3 Å². The smallest absolute Gasteiger partial charge is 0.477 e. The Morgan fingerprint density at radius 1 is 0.672 bits per heavy atom. The van der Waals surface area contributed by atoms with E-state index in [1.54, 1.807) is 24.0 Å². The van der Waals surface area contributed by atoms with Crippen LogP contribution in [0.2, 0.25) is 0 Å². The number of pyridine rings is 2. The molecule has 1 saturated heterocycles. The van der Waals surface area contributed by atoms with Crippen molar-refractivity contribution >= 4 is 47.2 Å². The number of alkyl halides is 6. The predicted molar refractivity (Wildman–Crippen MR) is 231 cm³/mol. The van der Waals surface area contributed by atoms with Crippen molar-refractivity contribution in [2.75, 3.05) is 0 Å². The third kappa shape index (κ3) is 10.2. The van der Waals surface area contributed by atoms with E-state index in [2.05, 4.69) is 10.2 Å². The van der Waals surface area contributed by atoms with Gasteiger partial charge in [-0.15, -0.1) is 0 Å². The number of hydrogen-bond donors (Lipinski definition) is 2. The van der Waals surface area contributed by atoms with E-state index in [0.717, 1.165) is 39.0 Å². The molecule has 7 rings (SSSR count). The number of benzene rings is 2. The fourth-order valence-corrected chi connectivity index (χ4v) is 6.98. The van der Waals surface area contributed by atoms with E-state index in [1.165, 1.54) is 61.1 Å². The van der Waals surface area contributed by atoms with Gasteiger partial charge in [-0.1, -0.05) is 12.1 Å². The monoisotopic (exact) mass is 1010 g/mol. The predicted octanol–water partition coefficient (Wildman–Crippen LogP) is 7.45. The first-order chi connectivity index (χ1) is 29.6. The molecule has 0 amide bonds. The van der Waals surface area contributed by atoms with Gasteiger partial charge in [0.1, 0.15) is 11.1 Å². The standard InChI is InChI=1S/C18H14F3N3O3.C14H9F3INO3.C10H17BN2O2/c1-10-13(15-6-7-22-23(15)2)9-14(17(26)27)16(25)24(10)12-5-3-4-11(8-12)18(19,20)21;1-7-11(18)6-10(13(21)22)12(20)19(7)9-4-2-3-8(5-9)14(15,16)17;1-9(2)10(3,4)15-11(14-9)8-6-7-12-13(8)5/h3-9H,1-2H3,(H,26,27);2-6H,1H3,(H,21,22);6-7H,1-5H3. The lowest BCUT2D eigenvalue weighted by atomic mass is 9.85. The Balaban J connectivity index is 0.000000188. The highest BCUT2D eigenvalue weighted by molar-refractivity contribution is 14.1. The van der Waals surface area contributed by atoms with Gasteiger partial charge >= 0.3 is 31.4 Å². The van der Waals surface area contributed by atoms with Crippen LogP contribution in [0, 0.1) is 17.4 Å². The lowest BCUT2D eigenvalue weighted by molar-refractivity contribution is -0.138. The number of aromatic nitrogens is 6. The van der Waals surface area contributed by atoms with Gasteiger partial charge in [-0.25, -0.2) is 9.59 Å². The number of halogens is 7. The molecule has 1 fully saturated rings. The molecule has 0 atom stereocenters. The van der Waals surface area contributed by atoms with Crippen LogP contribution in [0.25, 0.3) is 22.6 Å². The van der Waals surface area contributed by atoms with Crippen molar-refractivity contribution in [1.29, 1.82) is 0 Å². The first-order valence-corrected chi connectivity index (χ1v) is 20.0. The second-order valence-electron chi connectivity index (χ2n) is 15.3. The largest absolute Gasteiger partial charge is 0.514 e. The summed E-state index contributed by atoms with van der Waals surface area (Å²) in [6.45, 7) is 11.3. The molecule has 1 aliphatic heterocycles. The molecule has 0 radical (unpaired) electrons. The van der Waals surface area contributed by atoms with Gasteiger partial charge in [0.2, 0.25) is 0 Å². The Labute approximate surface area is 375 Å². The van der Waals surface area contributed by atoms with Gasteiger partial charge < -0.3 is 19.5 Å². The number of hydrogen-bond acceptors (Lipinski definition) is 8. The highest BCUT2D eigenvalue weighted by atomic mass is 127. The summed E-state index contributed by atoms with van der Waals surface area (Å²) in [6, 6.07) is 14.3. The summed E-state index contributed by atoms with van der Waals surface area (Å²) < 4.78 is 95.0. The third-order valence-electron chi connectivity index (χ3n) is 10.6. The van der Waals surface area contributed by atoms with Crippen LogP contribution in [0.1, 0.15) is 70.9 Å². The maximum absolute atomic E-state index is 13.1. The fraction of sp³-hybridized carbons (Fsp3) is 0.286. The minimum absolute atomic E-state index is 0.0293. The number of nitrogens with zero attached hydrogens (tertiary/aromatic N) is 6. The number of aryl methyl sites for hydroxylation is 2. The quantitative estimate of drug-likeness (QED) is 0.0970. The number of carboxylic acids is 2. The molecule has 64 heavy (non-hydrogen) atoms. The maximum atomic E-state index is 13.1. The average molecular weight is 1010 g/mol. The van der Waals surface area contributed by atoms with E-state index in [4.69, 9.17) is 14.4 Å². The molecule has 338 valence electrons. The Kier molecular flexibility index (Phi) is 14.0. The highest BCUT2D eigenvalue weighted by Gasteiger charge is 2.52. The summed E-state index contributed by atoms with van der Waals surface area (Å²) in [7, 11) is 3.21. The SMILES string of the molecule is Cc1c(-c2ccnn2C)cc(C(=O)O)c(=O)n1-c1cccc(C(F)(F)F)c1.Cc1c(I)cc(C(=O)O)c(=O)n1-c1cccc(C(F)(F)F)c1.Cn1nccc1B1OC(C)(C)C(C)(C)O1. The molecular weight excluding hydrogens is 968 g/mol. The number of carbonyl (C=O) groups is 2. The molecule has 0 unspecified atom stereocenters. The zero-order valence-electron chi connectivity index (χ0n) is 35.3. The van der Waals surface area contributed by atoms with E-state index >= 15 is 0 Å². The summed E-state index contributed by atoms with van der Waals surface area (Å²) in [6.07, 6.45) is -5.90. The average Bonchev–Trinajstić information content (AvgIpc) is 3.88. The minimum Gasteiger partial charge on any atom is -0.477 e. The molecular formula is C42H40BF6IN6O8.